The SMILES string of the molecule is O=C(CC1CCS(=O)(=O)C1)Nc1cncc(C(=O)O)c1. The molecule has 2 heterocycles. The van der Waals surface area contributed by atoms with Gasteiger partial charge in [0.25, 0.3) is 0 Å². The van der Waals surface area contributed by atoms with Crippen molar-refractivity contribution in [2.75, 3.05) is 16.8 Å². The number of sulfone groups is 1. The zero-order valence-corrected chi connectivity index (χ0v) is 11.4. The van der Waals surface area contributed by atoms with Gasteiger partial charge in [-0.1, -0.05) is 0 Å². The minimum atomic E-state index is -3.00. The summed E-state index contributed by atoms with van der Waals surface area (Å²) in [4.78, 5) is 26.3. The quantitative estimate of drug-likeness (QED) is 0.838. The normalized spacial score (nSPS) is 20.5. The highest BCUT2D eigenvalue weighted by Gasteiger charge is 2.29. The molecular formula is C12H14N2O5S. The van der Waals surface area contributed by atoms with Crippen molar-refractivity contribution in [3.05, 3.63) is 24.0 Å². The maximum atomic E-state index is 11.8. The van der Waals surface area contributed by atoms with Gasteiger partial charge in [-0.15, -0.1) is 0 Å². The monoisotopic (exact) mass is 298 g/mol. The van der Waals surface area contributed by atoms with E-state index in [0.29, 0.717) is 6.42 Å². The van der Waals surface area contributed by atoms with Crippen LogP contribution in [0.3, 0.4) is 0 Å². The average molecular weight is 298 g/mol. The van der Waals surface area contributed by atoms with Gasteiger partial charge in [0.1, 0.15) is 0 Å². The van der Waals surface area contributed by atoms with Crippen molar-refractivity contribution in [3.63, 3.8) is 0 Å². The van der Waals surface area contributed by atoms with E-state index in [1.54, 1.807) is 0 Å². The van der Waals surface area contributed by atoms with Crippen LogP contribution in [0.1, 0.15) is 23.2 Å². The first-order chi connectivity index (χ1) is 9.35. The van der Waals surface area contributed by atoms with Crippen LogP contribution < -0.4 is 5.32 Å². The maximum Gasteiger partial charge on any atom is 0.337 e. The number of anilines is 1. The number of hydrogen-bond acceptors (Lipinski definition) is 5. The van der Waals surface area contributed by atoms with Crippen molar-refractivity contribution in [2.45, 2.75) is 12.8 Å². The van der Waals surface area contributed by atoms with Crippen molar-refractivity contribution >= 4 is 27.4 Å². The highest BCUT2D eigenvalue weighted by Crippen LogP contribution is 2.22. The Hall–Kier alpha value is -1.96. The molecule has 0 aliphatic carbocycles. The highest BCUT2D eigenvalue weighted by atomic mass is 32.2. The summed E-state index contributed by atoms with van der Waals surface area (Å²) in [6.45, 7) is 0. The molecule has 7 nitrogen and oxygen atoms in total. The number of carbonyl (C=O) groups excluding carboxylic acids is 1. The van der Waals surface area contributed by atoms with E-state index >= 15 is 0 Å². The van der Waals surface area contributed by atoms with Gasteiger partial charge in [0.15, 0.2) is 9.84 Å². The lowest BCUT2D eigenvalue weighted by molar-refractivity contribution is -0.116. The van der Waals surface area contributed by atoms with Gasteiger partial charge in [0.2, 0.25) is 5.91 Å². The third-order valence-corrected chi connectivity index (χ3v) is 4.91. The van der Waals surface area contributed by atoms with Crippen LogP contribution in [-0.2, 0) is 14.6 Å². The predicted octanol–water partition coefficient (Wildman–Crippen LogP) is 0.543. The van der Waals surface area contributed by atoms with Gasteiger partial charge in [-0.25, -0.2) is 13.2 Å². The number of nitrogens with one attached hydrogen (secondary N) is 1. The van der Waals surface area contributed by atoms with Gasteiger partial charge in [0, 0.05) is 12.6 Å². The molecule has 108 valence electrons. The first-order valence-corrected chi connectivity index (χ1v) is 7.86. The lowest BCUT2D eigenvalue weighted by Gasteiger charge is -2.08. The molecule has 0 bridgehead atoms. The Kier molecular flexibility index (Phi) is 4.03. The molecule has 20 heavy (non-hydrogen) atoms. The average Bonchev–Trinajstić information content (AvgIpc) is 2.68. The van der Waals surface area contributed by atoms with E-state index in [-0.39, 0.29) is 41.0 Å². The number of rotatable bonds is 4. The Morgan fingerprint density at radius 2 is 2.15 bits per heavy atom. The van der Waals surface area contributed by atoms with E-state index in [0.717, 1.165) is 0 Å². The van der Waals surface area contributed by atoms with Gasteiger partial charge >= 0.3 is 5.97 Å². The second-order valence-electron chi connectivity index (χ2n) is 4.79. The molecule has 8 heteroatoms. The van der Waals surface area contributed by atoms with E-state index in [9.17, 15) is 18.0 Å². The minimum absolute atomic E-state index is 0.0220. The zero-order chi connectivity index (χ0) is 14.8. The smallest absolute Gasteiger partial charge is 0.337 e. The molecular weight excluding hydrogens is 284 g/mol. The third-order valence-electron chi connectivity index (χ3n) is 3.07. The number of aromatic carboxylic acids is 1. The summed E-state index contributed by atoms with van der Waals surface area (Å²) in [5, 5.41) is 11.3. The molecule has 1 aliphatic heterocycles. The summed E-state index contributed by atoms with van der Waals surface area (Å²) in [6, 6.07) is 1.30. The predicted molar refractivity (Wildman–Crippen MR) is 71.2 cm³/mol. The zero-order valence-electron chi connectivity index (χ0n) is 10.6. The topological polar surface area (TPSA) is 113 Å². The molecule has 0 spiro atoms. The van der Waals surface area contributed by atoms with Gasteiger partial charge in [-0.2, -0.15) is 0 Å². The van der Waals surface area contributed by atoms with E-state index in [1.807, 2.05) is 0 Å². The maximum absolute atomic E-state index is 11.8. The Bertz CT molecular complexity index is 641. The van der Waals surface area contributed by atoms with Crippen molar-refractivity contribution < 1.29 is 23.1 Å². The molecule has 0 aromatic carbocycles. The molecule has 0 saturated carbocycles. The molecule has 2 rings (SSSR count). The molecule has 2 N–H and O–H groups in total. The van der Waals surface area contributed by atoms with Crippen molar-refractivity contribution in [1.82, 2.24) is 4.98 Å². The van der Waals surface area contributed by atoms with Crippen molar-refractivity contribution in [3.8, 4) is 0 Å². The largest absolute Gasteiger partial charge is 0.478 e. The standard InChI is InChI=1S/C12H14N2O5S/c15-11(3-8-1-2-20(18,19)7-8)14-10-4-9(12(16)17)5-13-6-10/h4-6,8H,1-3,7H2,(H,14,15)(H,16,17). The molecule has 1 saturated heterocycles. The lowest BCUT2D eigenvalue weighted by atomic mass is 10.1. The number of amides is 1. The Morgan fingerprint density at radius 3 is 2.75 bits per heavy atom. The van der Waals surface area contributed by atoms with E-state index in [4.69, 9.17) is 5.11 Å². The van der Waals surface area contributed by atoms with Crippen LogP contribution in [0, 0.1) is 5.92 Å². The van der Waals surface area contributed by atoms with Crippen LogP contribution in [0.25, 0.3) is 0 Å². The molecule has 1 aromatic heterocycles. The number of carbonyl (C=O) groups is 2. The van der Waals surface area contributed by atoms with E-state index in [1.165, 1.54) is 18.5 Å². The fourth-order valence-corrected chi connectivity index (χ4v) is 3.99. The number of hydrogen-bond donors (Lipinski definition) is 2. The summed E-state index contributed by atoms with van der Waals surface area (Å²) < 4.78 is 22.6. The second-order valence-corrected chi connectivity index (χ2v) is 7.02. The molecule has 1 fully saturated rings. The summed E-state index contributed by atoms with van der Waals surface area (Å²) in [5.41, 5.74) is 0.266. The summed E-state index contributed by atoms with van der Waals surface area (Å²) >= 11 is 0. The summed E-state index contributed by atoms with van der Waals surface area (Å²) in [6.07, 6.45) is 3.12. The molecule has 1 atom stereocenters. The molecule has 1 unspecified atom stereocenters. The van der Waals surface area contributed by atoms with E-state index in [2.05, 4.69) is 10.3 Å². The number of carboxylic acid groups (broad SMARTS) is 1. The van der Waals surface area contributed by atoms with Crippen LogP contribution in [0.5, 0.6) is 0 Å². The third kappa shape index (κ3) is 3.77. The van der Waals surface area contributed by atoms with Gasteiger partial charge in [-0.3, -0.25) is 9.78 Å². The van der Waals surface area contributed by atoms with Crippen LogP contribution in [0.15, 0.2) is 18.5 Å². The first kappa shape index (κ1) is 14.4. The van der Waals surface area contributed by atoms with E-state index < -0.39 is 15.8 Å². The fourth-order valence-electron chi connectivity index (χ4n) is 2.13. The van der Waals surface area contributed by atoms with Gasteiger partial charge in [0.05, 0.1) is 29.0 Å². The highest BCUT2D eigenvalue weighted by molar-refractivity contribution is 7.91. The Balaban J connectivity index is 1.95. The van der Waals surface area contributed by atoms with Crippen molar-refractivity contribution in [2.24, 2.45) is 5.92 Å². The number of pyridine rings is 1. The Morgan fingerprint density at radius 1 is 1.40 bits per heavy atom. The summed E-state index contributed by atoms with van der Waals surface area (Å²) in [5.74, 6) is -1.47. The van der Waals surface area contributed by atoms with Crippen LogP contribution in [0.4, 0.5) is 5.69 Å². The number of carboxylic acids is 1. The lowest BCUT2D eigenvalue weighted by Crippen LogP contribution is -2.17. The minimum Gasteiger partial charge on any atom is -0.478 e. The molecule has 1 aromatic rings. The molecule has 0 radical (unpaired) electrons. The number of nitrogens with zero attached hydrogens (tertiary/aromatic N) is 1. The van der Waals surface area contributed by atoms with Crippen LogP contribution >= 0.6 is 0 Å². The van der Waals surface area contributed by atoms with Crippen molar-refractivity contribution in [1.29, 1.82) is 0 Å². The summed E-state index contributed by atoms with van der Waals surface area (Å²) in [7, 11) is -3.00. The first-order valence-electron chi connectivity index (χ1n) is 6.04. The second kappa shape index (κ2) is 5.58. The van der Waals surface area contributed by atoms with Gasteiger partial charge in [-0.05, 0) is 18.4 Å². The fraction of sp³-hybridized carbons (Fsp3) is 0.417. The van der Waals surface area contributed by atoms with Crippen LogP contribution in [-0.4, -0.2) is 41.9 Å². The molecule has 1 amide bonds. The number of aromatic nitrogens is 1. The Labute approximate surface area is 115 Å². The van der Waals surface area contributed by atoms with Gasteiger partial charge < -0.3 is 10.4 Å². The van der Waals surface area contributed by atoms with Crippen LogP contribution in [0.2, 0.25) is 0 Å². The molecule has 1 aliphatic rings.